The highest BCUT2D eigenvalue weighted by atomic mass is 16.5. The zero-order valence-electron chi connectivity index (χ0n) is 23.3. The zero-order chi connectivity index (χ0) is 28.3. The van der Waals surface area contributed by atoms with Crippen molar-refractivity contribution in [2.24, 2.45) is 0 Å². The Morgan fingerprint density at radius 1 is 0.714 bits per heavy atom. The monoisotopic (exact) mass is 545 g/mol. The molecule has 0 atom stereocenters. The lowest BCUT2D eigenvalue weighted by atomic mass is 9.74. The number of rotatable bonds is 4. The molecule has 0 aliphatic carbocycles. The van der Waals surface area contributed by atoms with Gasteiger partial charge in [0.1, 0.15) is 28.5 Å². The Morgan fingerprint density at radius 2 is 1.50 bits per heavy atom. The number of furan rings is 1. The number of nitrogens with zero attached hydrogens (tertiary/aromatic N) is 3. The predicted octanol–water partition coefficient (Wildman–Crippen LogP) is 9.94. The molecule has 7 aromatic rings. The average Bonchev–Trinajstić information content (AvgIpc) is 3.40. The maximum absolute atomic E-state index is 6.54. The van der Waals surface area contributed by atoms with Crippen molar-refractivity contribution in [3.05, 3.63) is 139 Å². The van der Waals surface area contributed by atoms with Crippen molar-refractivity contribution in [3.63, 3.8) is 0 Å². The molecule has 1 aliphatic rings. The smallest absolute Gasteiger partial charge is 0.145 e. The largest absolute Gasteiger partial charge is 0.457 e. The molecule has 0 unspecified atom stereocenters. The van der Waals surface area contributed by atoms with Gasteiger partial charge < -0.3 is 9.15 Å². The second-order valence-electron chi connectivity index (χ2n) is 11.1. The summed E-state index contributed by atoms with van der Waals surface area (Å²) in [6.07, 6.45) is 3.75. The first-order chi connectivity index (χ1) is 20.6. The number of ether oxygens (including phenoxy) is 1. The summed E-state index contributed by atoms with van der Waals surface area (Å²) >= 11 is 0. The fourth-order valence-electron chi connectivity index (χ4n) is 6.19. The van der Waals surface area contributed by atoms with Crippen LogP contribution >= 0.6 is 0 Å². The lowest BCUT2D eigenvalue weighted by Crippen LogP contribution is -2.31. The normalized spacial score (nSPS) is 13.6. The molecule has 0 spiro atoms. The third-order valence-corrected chi connectivity index (χ3v) is 8.16. The van der Waals surface area contributed by atoms with Crippen LogP contribution in [0.3, 0.4) is 0 Å². The van der Waals surface area contributed by atoms with E-state index in [0.29, 0.717) is 0 Å². The zero-order valence-corrected chi connectivity index (χ0v) is 23.3. The molecule has 0 N–H and O–H groups in total. The van der Waals surface area contributed by atoms with Gasteiger partial charge in [-0.2, -0.15) is 0 Å². The highest BCUT2D eigenvalue weighted by Gasteiger charge is 2.40. The van der Waals surface area contributed by atoms with Crippen LogP contribution in [0.2, 0.25) is 0 Å². The molecule has 1 aliphatic heterocycles. The first-order valence-corrected chi connectivity index (χ1v) is 14.1. The SMILES string of the molecule is CC1(C)c2ccccc2N(c2cccc(Oc3cccc(-c4ccccn4)c3)c2)c2ncc3c(oc4ccccc43)c21. The highest BCUT2D eigenvalue weighted by Crippen LogP contribution is 2.54. The van der Waals surface area contributed by atoms with Gasteiger partial charge in [0, 0.05) is 45.8 Å². The van der Waals surface area contributed by atoms with Crippen molar-refractivity contribution < 1.29 is 9.15 Å². The predicted molar refractivity (Wildman–Crippen MR) is 168 cm³/mol. The summed E-state index contributed by atoms with van der Waals surface area (Å²) in [6.45, 7) is 4.51. The van der Waals surface area contributed by atoms with E-state index >= 15 is 0 Å². The van der Waals surface area contributed by atoms with Crippen molar-refractivity contribution in [2.75, 3.05) is 4.90 Å². The number of pyridine rings is 2. The number of fused-ring (bicyclic) bond motifs is 6. The molecule has 42 heavy (non-hydrogen) atoms. The van der Waals surface area contributed by atoms with Gasteiger partial charge in [-0.05, 0) is 54.1 Å². The third-order valence-electron chi connectivity index (χ3n) is 8.16. The van der Waals surface area contributed by atoms with E-state index in [4.69, 9.17) is 14.1 Å². The lowest BCUT2D eigenvalue weighted by molar-refractivity contribution is 0.483. The summed E-state index contributed by atoms with van der Waals surface area (Å²) in [7, 11) is 0. The number of hydrogen-bond acceptors (Lipinski definition) is 5. The molecule has 0 bridgehead atoms. The second-order valence-corrected chi connectivity index (χ2v) is 11.1. The van der Waals surface area contributed by atoms with Crippen LogP contribution in [0.25, 0.3) is 33.2 Å². The molecule has 4 heterocycles. The standard InChI is InChI=1S/C37H27N3O2/c1-37(2)30-16-4-5-18-32(30)40(36-34(37)35-29(23-39-36)28-15-3-6-19-33(28)42-35)25-12-10-14-27(22-25)41-26-13-9-11-24(21-26)31-17-7-8-20-38-31/h3-23H,1-2H3. The Hall–Kier alpha value is -5.42. The summed E-state index contributed by atoms with van der Waals surface area (Å²) in [5, 5.41) is 2.11. The molecule has 5 heteroatoms. The van der Waals surface area contributed by atoms with Gasteiger partial charge >= 0.3 is 0 Å². The minimum atomic E-state index is -0.331. The molecule has 4 aromatic carbocycles. The summed E-state index contributed by atoms with van der Waals surface area (Å²) in [5.74, 6) is 2.34. The molecule has 0 fully saturated rings. The Labute approximate surface area is 243 Å². The van der Waals surface area contributed by atoms with Gasteiger partial charge in [-0.1, -0.05) is 74.5 Å². The lowest BCUT2D eigenvalue weighted by Gasteiger charge is -2.40. The minimum Gasteiger partial charge on any atom is -0.457 e. The van der Waals surface area contributed by atoms with Crippen LogP contribution in [0.1, 0.15) is 25.0 Å². The number of hydrogen-bond donors (Lipinski definition) is 0. The van der Waals surface area contributed by atoms with E-state index in [2.05, 4.69) is 66.2 Å². The van der Waals surface area contributed by atoms with E-state index in [0.717, 1.165) is 67.5 Å². The van der Waals surface area contributed by atoms with Crippen molar-refractivity contribution in [3.8, 4) is 22.8 Å². The van der Waals surface area contributed by atoms with E-state index in [1.165, 1.54) is 5.56 Å². The molecule has 0 saturated carbocycles. The number of anilines is 3. The fourth-order valence-corrected chi connectivity index (χ4v) is 6.19. The number of benzene rings is 4. The molecule has 202 valence electrons. The third kappa shape index (κ3) is 3.78. The molecular weight excluding hydrogens is 518 g/mol. The van der Waals surface area contributed by atoms with Crippen LogP contribution in [0, 0.1) is 0 Å². The van der Waals surface area contributed by atoms with Gasteiger partial charge in [0.25, 0.3) is 0 Å². The Kier molecular flexibility index (Phi) is 5.41. The van der Waals surface area contributed by atoms with E-state index in [-0.39, 0.29) is 5.41 Å². The van der Waals surface area contributed by atoms with Crippen LogP contribution in [0.5, 0.6) is 11.5 Å². The van der Waals surface area contributed by atoms with Gasteiger partial charge in [0.2, 0.25) is 0 Å². The van der Waals surface area contributed by atoms with Gasteiger partial charge in [-0.3, -0.25) is 9.88 Å². The summed E-state index contributed by atoms with van der Waals surface area (Å²) in [4.78, 5) is 11.8. The maximum Gasteiger partial charge on any atom is 0.145 e. The van der Waals surface area contributed by atoms with Crippen LogP contribution in [0.15, 0.2) is 132 Å². The summed E-state index contributed by atoms with van der Waals surface area (Å²) < 4.78 is 12.9. The van der Waals surface area contributed by atoms with Crippen molar-refractivity contribution in [1.29, 1.82) is 0 Å². The fraction of sp³-hybridized carbons (Fsp3) is 0.0811. The van der Waals surface area contributed by atoms with Crippen molar-refractivity contribution in [1.82, 2.24) is 9.97 Å². The van der Waals surface area contributed by atoms with Gasteiger partial charge in [0.05, 0.1) is 17.1 Å². The van der Waals surface area contributed by atoms with Gasteiger partial charge in [0.15, 0.2) is 0 Å². The number of aromatic nitrogens is 2. The first-order valence-electron chi connectivity index (χ1n) is 14.1. The van der Waals surface area contributed by atoms with Crippen LogP contribution < -0.4 is 9.64 Å². The molecule has 0 radical (unpaired) electrons. The van der Waals surface area contributed by atoms with E-state index < -0.39 is 0 Å². The average molecular weight is 546 g/mol. The van der Waals surface area contributed by atoms with Crippen molar-refractivity contribution >= 4 is 39.1 Å². The molecule has 0 saturated heterocycles. The highest BCUT2D eigenvalue weighted by molar-refractivity contribution is 6.08. The summed E-state index contributed by atoms with van der Waals surface area (Å²) in [6, 6.07) is 38.8. The molecule has 3 aromatic heterocycles. The molecular formula is C37H27N3O2. The Morgan fingerprint density at radius 3 is 2.38 bits per heavy atom. The van der Waals surface area contributed by atoms with Crippen molar-refractivity contribution in [2.45, 2.75) is 19.3 Å². The van der Waals surface area contributed by atoms with Crippen LogP contribution in [-0.4, -0.2) is 9.97 Å². The molecule has 0 amide bonds. The second kappa shape index (κ2) is 9.32. The first kappa shape index (κ1) is 24.4. The van der Waals surface area contributed by atoms with Gasteiger partial charge in [-0.25, -0.2) is 4.98 Å². The Balaban J connectivity index is 1.26. The van der Waals surface area contributed by atoms with E-state index in [1.54, 1.807) is 6.20 Å². The Bertz CT molecular complexity index is 2110. The quantitative estimate of drug-likeness (QED) is 0.220. The van der Waals surface area contributed by atoms with Gasteiger partial charge in [-0.15, -0.1) is 0 Å². The summed E-state index contributed by atoms with van der Waals surface area (Å²) in [5.41, 5.74) is 7.66. The molecule has 5 nitrogen and oxygen atoms in total. The molecule has 8 rings (SSSR count). The van der Waals surface area contributed by atoms with E-state index in [9.17, 15) is 0 Å². The van der Waals surface area contributed by atoms with E-state index in [1.807, 2.05) is 79.0 Å². The van der Waals surface area contributed by atoms with Crippen LogP contribution in [0.4, 0.5) is 17.2 Å². The minimum absolute atomic E-state index is 0.331. The van der Waals surface area contributed by atoms with Crippen LogP contribution in [-0.2, 0) is 5.41 Å². The maximum atomic E-state index is 6.54. The number of para-hydroxylation sites is 2. The topological polar surface area (TPSA) is 51.4 Å².